The largest absolute Gasteiger partial charge is 0.351 e. The van der Waals surface area contributed by atoms with Gasteiger partial charge in [-0.05, 0) is 37.2 Å². The van der Waals surface area contributed by atoms with Crippen LogP contribution in [-0.2, 0) is 11.3 Å². The Morgan fingerprint density at radius 2 is 1.85 bits per heavy atom. The van der Waals surface area contributed by atoms with Gasteiger partial charge in [0.15, 0.2) is 0 Å². The van der Waals surface area contributed by atoms with Crippen molar-refractivity contribution >= 4 is 5.91 Å². The van der Waals surface area contributed by atoms with Crippen molar-refractivity contribution in [3.05, 3.63) is 35.9 Å². The minimum atomic E-state index is 0.0129. The summed E-state index contributed by atoms with van der Waals surface area (Å²) in [4.78, 5) is 14.0. The van der Waals surface area contributed by atoms with E-state index in [4.69, 9.17) is 0 Å². The van der Waals surface area contributed by atoms with Crippen LogP contribution in [0.1, 0.15) is 32.3 Å². The van der Waals surface area contributed by atoms with Crippen LogP contribution in [0, 0.1) is 11.8 Å². The van der Waals surface area contributed by atoms with Crippen molar-refractivity contribution in [2.45, 2.75) is 38.8 Å². The van der Waals surface area contributed by atoms with Gasteiger partial charge in [0.1, 0.15) is 0 Å². The summed E-state index contributed by atoms with van der Waals surface area (Å²) < 4.78 is 0. The molecule has 0 radical (unpaired) electrons. The van der Waals surface area contributed by atoms with E-state index in [-0.39, 0.29) is 11.4 Å². The van der Waals surface area contributed by atoms with Crippen LogP contribution in [0.4, 0.5) is 0 Å². The van der Waals surface area contributed by atoms with Crippen LogP contribution in [-0.4, -0.2) is 29.4 Å². The highest BCUT2D eigenvalue weighted by atomic mass is 16.1. The number of amides is 1. The number of nitrogens with one attached hydrogen (secondary N) is 1. The fourth-order valence-electron chi connectivity index (χ4n) is 4.15. The summed E-state index contributed by atoms with van der Waals surface area (Å²) in [5.74, 6) is 1.30. The Morgan fingerprint density at radius 3 is 2.40 bits per heavy atom. The standard InChI is InChI=1S/C17H24N2O/c1-13(20)18-17(2)15-8-9-16(17)12-19(11-15)10-14-6-4-3-5-7-14/h3-7,15-16H,8-12H2,1-2H3,(H,18,20)/t15-,16+,17+. The molecule has 0 aromatic heterocycles. The lowest BCUT2D eigenvalue weighted by Gasteiger charge is -2.46. The van der Waals surface area contributed by atoms with Gasteiger partial charge in [0.05, 0.1) is 0 Å². The molecule has 1 N–H and O–H groups in total. The maximum Gasteiger partial charge on any atom is 0.217 e. The first kappa shape index (κ1) is 13.6. The van der Waals surface area contributed by atoms with E-state index in [1.807, 2.05) is 0 Å². The predicted octanol–water partition coefficient (Wildman–Crippen LogP) is 2.42. The number of benzene rings is 1. The van der Waals surface area contributed by atoms with Gasteiger partial charge in [0.25, 0.3) is 0 Å². The van der Waals surface area contributed by atoms with Crippen molar-refractivity contribution in [3.63, 3.8) is 0 Å². The topological polar surface area (TPSA) is 32.3 Å². The van der Waals surface area contributed by atoms with Crippen LogP contribution in [0.15, 0.2) is 30.3 Å². The summed E-state index contributed by atoms with van der Waals surface area (Å²) in [6.07, 6.45) is 2.49. The molecular formula is C17H24N2O. The highest BCUT2D eigenvalue weighted by molar-refractivity contribution is 5.74. The third kappa shape index (κ3) is 2.47. The minimum absolute atomic E-state index is 0.0129. The summed E-state index contributed by atoms with van der Waals surface area (Å²) in [6, 6.07) is 10.7. The Labute approximate surface area is 121 Å². The van der Waals surface area contributed by atoms with Gasteiger partial charge in [-0.3, -0.25) is 9.69 Å². The molecule has 3 rings (SSSR count). The molecule has 3 heteroatoms. The van der Waals surface area contributed by atoms with Crippen LogP contribution >= 0.6 is 0 Å². The zero-order valence-electron chi connectivity index (χ0n) is 12.4. The molecule has 0 spiro atoms. The number of likely N-dealkylation sites (tertiary alicyclic amines) is 1. The minimum Gasteiger partial charge on any atom is -0.351 e. The number of hydrogen-bond donors (Lipinski definition) is 1. The molecule has 2 fully saturated rings. The van der Waals surface area contributed by atoms with Crippen molar-refractivity contribution in [2.75, 3.05) is 13.1 Å². The molecule has 20 heavy (non-hydrogen) atoms. The molecule has 1 aromatic rings. The lowest BCUT2D eigenvalue weighted by Crippen LogP contribution is -2.60. The SMILES string of the molecule is CC(=O)N[C@@]1(C)[C@@H]2CC[C@H]1CN(Cc1ccccc1)C2. The molecular weight excluding hydrogens is 248 g/mol. The molecule has 0 unspecified atom stereocenters. The quantitative estimate of drug-likeness (QED) is 0.916. The first-order valence-electron chi connectivity index (χ1n) is 7.63. The van der Waals surface area contributed by atoms with Gasteiger partial charge < -0.3 is 5.32 Å². The van der Waals surface area contributed by atoms with E-state index in [9.17, 15) is 4.79 Å². The fourth-order valence-corrected chi connectivity index (χ4v) is 4.15. The Kier molecular flexibility index (Phi) is 3.55. The summed E-state index contributed by atoms with van der Waals surface area (Å²) >= 11 is 0. The van der Waals surface area contributed by atoms with E-state index in [1.54, 1.807) is 6.92 Å². The number of fused-ring (bicyclic) bond motifs is 2. The molecule has 2 bridgehead atoms. The Bertz CT molecular complexity index is 471. The maximum absolute atomic E-state index is 11.5. The smallest absolute Gasteiger partial charge is 0.217 e. The molecule has 1 amide bonds. The highest BCUT2D eigenvalue weighted by Crippen LogP contribution is 2.45. The van der Waals surface area contributed by atoms with Gasteiger partial charge in [-0.2, -0.15) is 0 Å². The number of rotatable bonds is 3. The molecule has 1 aliphatic heterocycles. The Hall–Kier alpha value is -1.35. The van der Waals surface area contributed by atoms with Crippen LogP contribution in [0.25, 0.3) is 0 Å². The predicted molar refractivity (Wildman–Crippen MR) is 80.2 cm³/mol. The number of carbonyl (C=O) groups is 1. The summed E-state index contributed by atoms with van der Waals surface area (Å²) in [6.45, 7) is 7.12. The van der Waals surface area contributed by atoms with Crippen molar-refractivity contribution in [1.82, 2.24) is 10.2 Å². The summed E-state index contributed by atoms with van der Waals surface area (Å²) in [7, 11) is 0. The first-order chi connectivity index (χ1) is 9.58. The van der Waals surface area contributed by atoms with Crippen LogP contribution < -0.4 is 5.32 Å². The number of hydrogen-bond acceptors (Lipinski definition) is 2. The van der Waals surface area contributed by atoms with Crippen molar-refractivity contribution < 1.29 is 4.79 Å². The lowest BCUT2D eigenvalue weighted by molar-refractivity contribution is -0.122. The monoisotopic (exact) mass is 272 g/mol. The van der Waals surface area contributed by atoms with E-state index in [0.717, 1.165) is 19.6 Å². The van der Waals surface area contributed by atoms with Gasteiger partial charge in [0, 0.05) is 32.1 Å². The van der Waals surface area contributed by atoms with Crippen LogP contribution in [0.2, 0.25) is 0 Å². The molecule has 2 aliphatic rings. The second-order valence-electron chi connectivity index (χ2n) is 6.61. The zero-order chi connectivity index (χ0) is 14.2. The molecule has 1 aliphatic carbocycles. The number of piperidine rings is 1. The van der Waals surface area contributed by atoms with Gasteiger partial charge in [-0.1, -0.05) is 30.3 Å². The maximum atomic E-state index is 11.5. The zero-order valence-corrected chi connectivity index (χ0v) is 12.4. The Morgan fingerprint density at radius 1 is 1.25 bits per heavy atom. The Balaban J connectivity index is 1.69. The summed E-state index contributed by atoms with van der Waals surface area (Å²) in [5, 5.41) is 3.24. The van der Waals surface area contributed by atoms with E-state index in [0.29, 0.717) is 11.8 Å². The molecule has 3 atom stereocenters. The van der Waals surface area contributed by atoms with Crippen molar-refractivity contribution in [3.8, 4) is 0 Å². The molecule has 108 valence electrons. The van der Waals surface area contributed by atoms with Gasteiger partial charge >= 0.3 is 0 Å². The average Bonchev–Trinajstić information content (AvgIpc) is 2.60. The fraction of sp³-hybridized carbons (Fsp3) is 0.588. The average molecular weight is 272 g/mol. The molecule has 1 heterocycles. The third-order valence-corrected chi connectivity index (χ3v) is 5.21. The second kappa shape index (κ2) is 5.21. The van der Waals surface area contributed by atoms with Gasteiger partial charge in [-0.25, -0.2) is 0 Å². The lowest BCUT2D eigenvalue weighted by atomic mass is 9.78. The van der Waals surface area contributed by atoms with Gasteiger partial charge in [-0.15, -0.1) is 0 Å². The number of nitrogens with zero attached hydrogens (tertiary/aromatic N) is 1. The normalized spacial score (nSPS) is 33.1. The van der Waals surface area contributed by atoms with Crippen molar-refractivity contribution in [2.24, 2.45) is 11.8 Å². The van der Waals surface area contributed by atoms with Crippen LogP contribution in [0.3, 0.4) is 0 Å². The van der Waals surface area contributed by atoms with E-state index < -0.39 is 0 Å². The van der Waals surface area contributed by atoms with Crippen LogP contribution in [0.5, 0.6) is 0 Å². The van der Waals surface area contributed by atoms with Crippen molar-refractivity contribution in [1.29, 1.82) is 0 Å². The molecule has 1 saturated heterocycles. The molecule has 3 nitrogen and oxygen atoms in total. The van der Waals surface area contributed by atoms with Gasteiger partial charge in [0.2, 0.25) is 5.91 Å². The second-order valence-corrected chi connectivity index (χ2v) is 6.61. The van der Waals surface area contributed by atoms with E-state index in [1.165, 1.54) is 18.4 Å². The highest BCUT2D eigenvalue weighted by Gasteiger charge is 2.51. The molecule has 1 aromatic carbocycles. The van der Waals surface area contributed by atoms with E-state index in [2.05, 4.69) is 47.5 Å². The van der Waals surface area contributed by atoms with E-state index >= 15 is 0 Å². The molecule has 1 saturated carbocycles. The number of carbonyl (C=O) groups excluding carboxylic acids is 1. The summed E-state index contributed by atoms with van der Waals surface area (Å²) in [5.41, 5.74) is 1.40. The first-order valence-corrected chi connectivity index (χ1v) is 7.63. The third-order valence-electron chi connectivity index (χ3n) is 5.21.